The second-order valence-corrected chi connectivity index (χ2v) is 6.12. The van der Waals surface area contributed by atoms with Gasteiger partial charge in [-0.1, -0.05) is 41.9 Å². The summed E-state index contributed by atoms with van der Waals surface area (Å²) in [6.45, 7) is 0.250. The first-order valence-electron chi connectivity index (χ1n) is 6.40. The molecule has 2 rings (SSSR count). The van der Waals surface area contributed by atoms with E-state index in [1.165, 1.54) is 11.0 Å². The molecule has 8 heteroatoms. The Bertz CT molecular complexity index is 675. The number of carbonyl (C=O) groups excluding carboxylic acids is 1. The van der Waals surface area contributed by atoms with Gasteiger partial charge in [0.15, 0.2) is 4.34 Å². The minimum atomic E-state index is -0.622. The third-order valence-electron chi connectivity index (χ3n) is 2.95. The molecular formula is C14H13ClN2O4S. The Balaban J connectivity index is 2.22. The molecule has 6 nitrogen and oxygen atoms in total. The second-order valence-electron chi connectivity index (χ2n) is 4.46. The molecule has 0 aliphatic rings. The molecule has 0 fully saturated rings. The molecule has 0 spiro atoms. The van der Waals surface area contributed by atoms with Crippen molar-refractivity contribution in [1.29, 1.82) is 0 Å². The summed E-state index contributed by atoms with van der Waals surface area (Å²) in [5.74, 6) is -0.391. The van der Waals surface area contributed by atoms with Gasteiger partial charge in [-0.25, -0.2) is 0 Å². The molecule has 0 saturated carbocycles. The highest BCUT2D eigenvalue weighted by Crippen LogP contribution is 2.34. The summed E-state index contributed by atoms with van der Waals surface area (Å²) >= 11 is 6.65. The number of thiophene rings is 1. The van der Waals surface area contributed by atoms with Gasteiger partial charge in [0.05, 0.1) is 11.5 Å². The standard InChI is InChI=1S/C14H13ClN2O4S/c15-13-11(17(20)21)8-12(22-13)14(19)16(6-7-18)9-10-4-2-1-3-5-10/h1-5,8,18H,6-7,9H2. The number of carbonyl (C=O) groups is 1. The van der Waals surface area contributed by atoms with E-state index in [2.05, 4.69) is 0 Å². The lowest BCUT2D eigenvalue weighted by atomic mass is 10.2. The quantitative estimate of drug-likeness (QED) is 0.647. The van der Waals surface area contributed by atoms with Crippen LogP contribution in [-0.4, -0.2) is 34.0 Å². The van der Waals surface area contributed by atoms with Crippen LogP contribution in [0.1, 0.15) is 15.2 Å². The molecule has 1 N–H and O–H groups in total. The van der Waals surface area contributed by atoms with Crippen molar-refractivity contribution < 1.29 is 14.8 Å². The van der Waals surface area contributed by atoms with E-state index >= 15 is 0 Å². The van der Waals surface area contributed by atoms with Gasteiger partial charge in [0.25, 0.3) is 11.6 Å². The highest BCUT2D eigenvalue weighted by atomic mass is 35.5. The molecule has 1 amide bonds. The molecular weight excluding hydrogens is 328 g/mol. The minimum Gasteiger partial charge on any atom is -0.395 e. The molecule has 0 bridgehead atoms. The summed E-state index contributed by atoms with van der Waals surface area (Å²) in [4.78, 5) is 24.3. The smallest absolute Gasteiger partial charge is 0.299 e. The second kappa shape index (κ2) is 7.35. The Morgan fingerprint density at radius 3 is 2.59 bits per heavy atom. The van der Waals surface area contributed by atoms with Crippen molar-refractivity contribution in [2.45, 2.75) is 6.54 Å². The average molecular weight is 341 g/mol. The number of aliphatic hydroxyl groups is 1. The molecule has 0 unspecified atom stereocenters. The number of hydrogen-bond donors (Lipinski definition) is 1. The maximum atomic E-state index is 12.5. The number of aliphatic hydroxyl groups excluding tert-OH is 1. The van der Waals surface area contributed by atoms with Gasteiger partial charge in [-0.2, -0.15) is 0 Å². The minimum absolute atomic E-state index is 0.0305. The highest BCUT2D eigenvalue weighted by molar-refractivity contribution is 7.18. The number of nitrogens with zero attached hydrogens (tertiary/aromatic N) is 2. The number of amides is 1. The molecule has 2 aromatic rings. The zero-order chi connectivity index (χ0) is 16.1. The molecule has 0 saturated heterocycles. The zero-order valence-corrected chi connectivity index (χ0v) is 13.0. The predicted molar refractivity (Wildman–Crippen MR) is 84.3 cm³/mol. The van der Waals surface area contributed by atoms with E-state index in [4.69, 9.17) is 16.7 Å². The van der Waals surface area contributed by atoms with Crippen molar-refractivity contribution >= 4 is 34.5 Å². The van der Waals surface area contributed by atoms with Crippen LogP contribution in [0.15, 0.2) is 36.4 Å². The van der Waals surface area contributed by atoms with Crippen LogP contribution in [0.25, 0.3) is 0 Å². The molecule has 0 aliphatic carbocycles. The summed E-state index contributed by atoms with van der Waals surface area (Å²) in [7, 11) is 0. The maximum absolute atomic E-state index is 12.5. The van der Waals surface area contributed by atoms with Gasteiger partial charge in [-0.05, 0) is 5.56 Å². The average Bonchev–Trinajstić information content (AvgIpc) is 2.89. The third-order valence-corrected chi connectivity index (χ3v) is 4.28. The molecule has 0 atom stereocenters. The van der Waals surface area contributed by atoms with Crippen LogP contribution in [0, 0.1) is 10.1 Å². The Morgan fingerprint density at radius 1 is 1.36 bits per heavy atom. The monoisotopic (exact) mass is 340 g/mol. The molecule has 22 heavy (non-hydrogen) atoms. The van der Waals surface area contributed by atoms with E-state index in [-0.39, 0.29) is 28.1 Å². The summed E-state index contributed by atoms with van der Waals surface area (Å²) in [5, 5.41) is 19.9. The van der Waals surface area contributed by atoms with E-state index in [0.717, 1.165) is 16.9 Å². The number of hydrogen-bond acceptors (Lipinski definition) is 5. The number of benzene rings is 1. The summed E-state index contributed by atoms with van der Waals surface area (Å²) in [5.41, 5.74) is 0.625. The lowest BCUT2D eigenvalue weighted by Gasteiger charge is -2.21. The van der Waals surface area contributed by atoms with Crippen molar-refractivity contribution in [1.82, 2.24) is 4.90 Å². The lowest BCUT2D eigenvalue weighted by Crippen LogP contribution is -2.32. The zero-order valence-electron chi connectivity index (χ0n) is 11.4. The van der Waals surface area contributed by atoms with Crippen molar-refractivity contribution in [3.63, 3.8) is 0 Å². The topological polar surface area (TPSA) is 83.7 Å². The SMILES string of the molecule is O=C(c1cc([N+](=O)[O-])c(Cl)s1)N(CCO)Cc1ccccc1. The lowest BCUT2D eigenvalue weighted by molar-refractivity contribution is -0.384. The number of rotatable bonds is 6. The fourth-order valence-electron chi connectivity index (χ4n) is 1.92. The Hall–Kier alpha value is -1.96. The molecule has 1 aromatic heterocycles. The predicted octanol–water partition coefficient (Wildman–Crippen LogP) is 2.94. The van der Waals surface area contributed by atoms with E-state index in [0.29, 0.717) is 6.54 Å². The van der Waals surface area contributed by atoms with E-state index in [1.54, 1.807) is 0 Å². The molecule has 0 radical (unpaired) electrons. The van der Waals surface area contributed by atoms with Gasteiger partial charge in [-0.15, -0.1) is 11.3 Å². The Kier molecular flexibility index (Phi) is 5.48. The van der Waals surface area contributed by atoms with Gasteiger partial charge in [-0.3, -0.25) is 14.9 Å². The van der Waals surface area contributed by atoms with Crippen molar-refractivity contribution in [3.05, 3.63) is 61.3 Å². The highest BCUT2D eigenvalue weighted by Gasteiger charge is 2.24. The van der Waals surface area contributed by atoms with Crippen LogP contribution in [0.3, 0.4) is 0 Å². The van der Waals surface area contributed by atoms with Crippen molar-refractivity contribution in [2.24, 2.45) is 0 Å². The van der Waals surface area contributed by atoms with Gasteiger partial charge >= 0.3 is 0 Å². The summed E-state index contributed by atoms with van der Waals surface area (Å²) < 4.78 is -0.0305. The normalized spacial score (nSPS) is 10.5. The molecule has 0 aliphatic heterocycles. The first-order valence-corrected chi connectivity index (χ1v) is 7.60. The number of nitro groups is 1. The fourth-order valence-corrected chi connectivity index (χ4v) is 3.11. The van der Waals surface area contributed by atoms with Crippen LogP contribution in [0.4, 0.5) is 5.69 Å². The van der Waals surface area contributed by atoms with E-state index in [1.807, 2.05) is 30.3 Å². The van der Waals surface area contributed by atoms with Crippen LogP contribution < -0.4 is 0 Å². The number of halogens is 1. The van der Waals surface area contributed by atoms with Crippen molar-refractivity contribution in [3.8, 4) is 0 Å². The Morgan fingerprint density at radius 2 is 2.05 bits per heavy atom. The van der Waals surface area contributed by atoms with Crippen LogP contribution in [-0.2, 0) is 6.54 Å². The molecule has 116 valence electrons. The first-order chi connectivity index (χ1) is 10.5. The molecule has 1 heterocycles. The Labute approximate surface area is 135 Å². The maximum Gasteiger partial charge on any atom is 0.299 e. The van der Waals surface area contributed by atoms with E-state index < -0.39 is 10.8 Å². The first kappa shape index (κ1) is 16.4. The van der Waals surface area contributed by atoms with Gasteiger partial charge in [0, 0.05) is 19.2 Å². The van der Waals surface area contributed by atoms with Crippen LogP contribution in [0.2, 0.25) is 4.34 Å². The van der Waals surface area contributed by atoms with E-state index in [9.17, 15) is 14.9 Å². The van der Waals surface area contributed by atoms with Gasteiger partial charge < -0.3 is 10.0 Å². The van der Waals surface area contributed by atoms with Crippen LogP contribution >= 0.6 is 22.9 Å². The van der Waals surface area contributed by atoms with Gasteiger partial charge in [0.2, 0.25) is 0 Å². The summed E-state index contributed by atoms with van der Waals surface area (Å²) in [6, 6.07) is 10.5. The largest absolute Gasteiger partial charge is 0.395 e. The summed E-state index contributed by atoms with van der Waals surface area (Å²) in [6.07, 6.45) is 0. The fraction of sp³-hybridized carbons (Fsp3) is 0.214. The third kappa shape index (κ3) is 3.82. The van der Waals surface area contributed by atoms with Gasteiger partial charge in [0.1, 0.15) is 4.88 Å². The van der Waals surface area contributed by atoms with Crippen molar-refractivity contribution in [2.75, 3.05) is 13.2 Å². The molecule has 1 aromatic carbocycles. The van der Waals surface area contributed by atoms with Crippen LogP contribution in [0.5, 0.6) is 0 Å².